The van der Waals surface area contributed by atoms with E-state index < -0.39 is 0 Å². The van der Waals surface area contributed by atoms with Crippen LogP contribution in [0.25, 0.3) is 0 Å². The number of hydrogen-bond acceptors (Lipinski definition) is 3. The van der Waals surface area contributed by atoms with Crippen molar-refractivity contribution in [1.82, 2.24) is 10.2 Å². The van der Waals surface area contributed by atoms with Crippen LogP contribution in [0.5, 0.6) is 0 Å². The van der Waals surface area contributed by atoms with Gasteiger partial charge in [-0.15, -0.1) is 0 Å². The van der Waals surface area contributed by atoms with Gasteiger partial charge in [-0.25, -0.2) is 0 Å². The third kappa shape index (κ3) is 5.29. The van der Waals surface area contributed by atoms with Gasteiger partial charge < -0.3 is 15.5 Å². The van der Waals surface area contributed by atoms with E-state index in [0.29, 0.717) is 6.42 Å². The minimum atomic E-state index is 0.0576. The standard InChI is InChI=1S/C14H23N3O/c1-4-15-10-9-14(18)16-13-8-6-5-7-12(13)11-17(2)3/h5-8,15H,4,9-11H2,1-3H3,(H,16,18). The van der Waals surface area contributed by atoms with Crippen LogP contribution >= 0.6 is 0 Å². The first-order chi connectivity index (χ1) is 8.63. The highest BCUT2D eigenvalue weighted by molar-refractivity contribution is 5.91. The number of hydrogen-bond donors (Lipinski definition) is 2. The zero-order valence-electron chi connectivity index (χ0n) is 11.5. The van der Waals surface area contributed by atoms with E-state index in [1.807, 2.05) is 45.3 Å². The molecular weight excluding hydrogens is 226 g/mol. The summed E-state index contributed by atoms with van der Waals surface area (Å²) < 4.78 is 0. The molecule has 0 radical (unpaired) electrons. The Labute approximate surface area is 109 Å². The van der Waals surface area contributed by atoms with Crippen LogP contribution < -0.4 is 10.6 Å². The van der Waals surface area contributed by atoms with Crippen molar-refractivity contribution in [2.45, 2.75) is 19.9 Å². The van der Waals surface area contributed by atoms with Crippen molar-refractivity contribution < 1.29 is 4.79 Å². The lowest BCUT2D eigenvalue weighted by molar-refractivity contribution is -0.116. The topological polar surface area (TPSA) is 44.4 Å². The van der Waals surface area contributed by atoms with Crippen molar-refractivity contribution >= 4 is 11.6 Å². The Morgan fingerprint density at radius 1 is 1.28 bits per heavy atom. The smallest absolute Gasteiger partial charge is 0.225 e. The third-order valence-corrected chi connectivity index (χ3v) is 2.56. The van der Waals surface area contributed by atoms with E-state index in [-0.39, 0.29) is 5.91 Å². The maximum atomic E-state index is 11.8. The minimum absolute atomic E-state index is 0.0576. The van der Waals surface area contributed by atoms with E-state index >= 15 is 0 Å². The molecular formula is C14H23N3O. The van der Waals surface area contributed by atoms with Crippen molar-refractivity contribution in [2.24, 2.45) is 0 Å². The van der Waals surface area contributed by atoms with Crippen LogP contribution in [-0.2, 0) is 11.3 Å². The molecule has 100 valence electrons. The fraction of sp³-hybridized carbons (Fsp3) is 0.500. The Kier molecular flexibility index (Phi) is 6.39. The molecule has 4 nitrogen and oxygen atoms in total. The largest absolute Gasteiger partial charge is 0.326 e. The Morgan fingerprint density at radius 3 is 2.67 bits per heavy atom. The normalized spacial score (nSPS) is 10.7. The van der Waals surface area contributed by atoms with Gasteiger partial charge >= 0.3 is 0 Å². The molecule has 0 aliphatic heterocycles. The average Bonchev–Trinajstić information content (AvgIpc) is 2.31. The minimum Gasteiger partial charge on any atom is -0.326 e. The molecule has 2 N–H and O–H groups in total. The van der Waals surface area contributed by atoms with E-state index in [1.54, 1.807) is 0 Å². The molecule has 4 heteroatoms. The third-order valence-electron chi connectivity index (χ3n) is 2.56. The second-order valence-electron chi connectivity index (χ2n) is 4.55. The van der Waals surface area contributed by atoms with E-state index in [4.69, 9.17) is 0 Å². The molecule has 18 heavy (non-hydrogen) atoms. The number of carbonyl (C=O) groups excluding carboxylic acids is 1. The molecule has 1 rings (SSSR count). The average molecular weight is 249 g/mol. The number of carbonyl (C=O) groups is 1. The molecule has 0 atom stereocenters. The van der Waals surface area contributed by atoms with E-state index in [2.05, 4.69) is 15.5 Å². The highest BCUT2D eigenvalue weighted by atomic mass is 16.1. The number of para-hydroxylation sites is 1. The van der Waals surface area contributed by atoms with Crippen molar-refractivity contribution in [3.05, 3.63) is 29.8 Å². The summed E-state index contributed by atoms with van der Waals surface area (Å²) in [6.45, 7) is 4.47. The Balaban J connectivity index is 2.57. The van der Waals surface area contributed by atoms with E-state index in [1.165, 1.54) is 0 Å². The van der Waals surface area contributed by atoms with Crippen molar-refractivity contribution in [2.75, 3.05) is 32.5 Å². The number of nitrogens with one attached hydrogen (secondary N) is 2. The van der Waals surface area contributed by atoms with Crippen molar-refractivity contribution in [3.8, 4) is 0 Å². The summed E-state index contributed by atoms with van der Waals surface area (Å²) in [6, 6.07) is 7.93. The lowest BCUT2D eigenvalue weighted by atomic mass is 10.1. The van der Waals surface area contributed by atoms with Crippen LogP contribution in [-0.4, -0.2) is 38.0 Å². The molecule has 0 saturated carbocycles. The van der Waals surface area contributed by atoms with Gasteiger partial charge in [-0.3, -0.25) is 4.79 Å². The summed E-state index contributed by atoms with van der Waals surface area (Å²) in [5.74, 6) is 0.0576. The predicted octanol–water partition coefficient (Wildman–Crippen LogP) is 1.69. The quantitative estimate of drug-likeness (QED) is 0.723. The van der Waals surface area contributed by atoms with Crippen LogP contribution in [0.1, 0.15) is 18.9 Å². The number of rotatable bonds is 7. The lowest BCUT2D eigenvalue weighted by Gasteiger charge is -2.14. The maximum Gasteiger partial charge on any atom is 0.225 e. The monoisotopic (exact) mass is 249 g/mol. The van der Waals surface area contributed by atoms with E-state index in [0.717, 1.165) is 30.9 Å². The molecule has 0 fully saturated rings. The molecule has 0 aromatic heterocycles. The number of amides is 1. The van der Waals surface area contributed by atoms with Crippen LogP contribution in [0.2, 0.25) is 0 Å². The number of benzene rings is 1. The molecule has 1 aromatic carbocycles. The van der Waals surface area contributed by atoms with Gasteiger partial charge in [0.1, 0.15) is 0 Å². The summed E-state index contributed by atoms with van der Waals surface area (Å²) in [7, 11) is 4.04. The van der Waals surface area contributed by atoms with Crippen LogP contribution in [0.3, 0.4) is 0 Å². The second-order valence-corrected chi connectivity index (χ2v) is 4.55. The SMILES string of the molecule is CCNCCC(=O)Nc1ccccc1CN(C)C. The predicted molar refractivity (Wildman–Crippen MR) is 75.6 cm³/mol. The van der Waals surface area contributed by atoms with Crippen LogP contribution in [0.15, 0.2) is 24.3 Å². The van der Waals surface area contributed by atoms with Gasteiger partial charge in [-0.2, -0.15) is 0 Å². The van der Waals surface area contributed by atoms with Crippen molar-refractivity contribution in [3.63, 3.8) is 0 Å². The fourth-order valence-corrected chi connectivity index (χ4v) is 1.71. The highest BCUT2D eigenvalue weighted by Crippen LogP contribution is 2.16. The summed E-state index contributed by atoms with van der Waals surface area (Å²) >= 11 is 0. The first-order valence-corrected chi connectivity index (χ1v) is 6.36. The zero-order valence-corrected chi connectivity index (χ0v) is 11.5. The number of anilines is 1. The second kappa shape index (κ2) is 7.84. The van der Waals surface area contributed by atoms with Crippen LogP contribution in [0.4, 0.5) is 5.69 Å². The Morgan fingerprint density at radius 2 is 2.00 bits per heavy atom. The van der Waals surface area contributed by atoms with Crippen LogP contribution in [0, 0.1) is 0 Å². The van der Waals surface area contributed by atoms with Gasteiger partial charge in [0.25, 0.3) is 0 Å². The van der Waals surface area contributed by atoms with Gasteiger partial charge in [0.15, 0.2) is 0 Å². The zero-order chi connectivity index (χ0) is 13.4. The summed E-state index contributed by atoms with van der Waals surface area (Å²) in [5.41, 5.74) is 2.05. The molecule has 1 aromatic rings. The Hall–Kier alpha value is -1.39. The lowest BCUT2D eigenvalue weighted by Crippen LogP contribution is -2.22. The molecule has 0 aliphatic carbocycles. The van der Waals surface area contributed by atoms with Crippen molar-refractivity contribution in [1.29, 1.82) is 0 Å². The highest BCUT2D eigenvalue weighted by Gasteiger charge is 2.06. The first-order valence-electron chi connectivity index (χ1n) is 6.36. The van der Waals surface area contributed by atoms with Gasteiger partial charge in [0.05, 0.1) is 0 Å². The van der Waals surface area contributed by atoms with Gasteiger partial charge in [-0.05, 0) is 32.3 Å². The maximum absolute atomic E-state index is 11.8. The molecule has 0 aliphatic rings. The summed E-state index contributed by atoms with van der Waals surface area (Å²) in [6.07, 6.45) is 0.504. The summed E-state index contributed by atoms with van der Waals surface area (Å²) in [5, 5.41) is 6.11. The fourth-order valence-electron chi connectivity index (χ4n) is 1.71. The molecule has 0 saturated heterocycles. The summed E-state index contributed by atoms with van der Waals surface area (Å²) in [4.78, 5) is 13.8. The molecule has 1 amide bonds. The molecule has 0 heterocycles. The first kappa shape index (κ1) is 14.7. The van der Waals surface area contributed by atoms with Gasteiger partial charge in [-0.1, -0.05) is 25.1 Å². The molecule has 0 unspecified atom stereocenters. The Bertz CT molecular complexity index is 377. The molecule has 0 bridgehead atoms. The van der Waals surface area contributed by atoms with Gasteiger partial charge in [0, 0.05) is 25.2 Å². The molecule has 0 spiro atoms. The van der Waals surface area contributed by atoms with Gasteiger partial charge in [0.2, 0.25) is 5.91 Å². The number of nitrogens with zero attached hydrogens (tertiary/aromatic N) is 1. The van der Waals surface area contributed by atoms with E-state index in [9.17, 15) is 4.79 Å².